The highest BCUT2D eigenvalue weighted by molar-refractivity contribution is 5.34. The number of para-hydroxylation sites is 1. The smallest absolute Gasteiger partial charge is 0.122 e. The minimum absolute atomic E-state index is 0.665. The maximum atomic E-state index is 5.86. The first-order chi connectivity index (χ1) is 9.79. The topological polar surface area (TPSA) is 41.1 Å². The van der Waals surface area contributed by atoms with E-state index >= 15 is 0 Å². The number of allylic oxidation sites excluding steroid dienone is 1. The predicted molar refractivity (Wildman–Crippen MR) is 80.8 cm³/mol. The maximum absolute atomic E-state index is 5.86. The summed E-state index contributed by atoms with van der Waals surface area (Å²) in [6, 6.07) is 8.10. The number of rotatable bonds is 8. The molecule has 106 valence electrons. The number of hydrogen-bond donors (Lipinski definition) is 1. The second kappa shape index (κ2) is 7.50. The van der Waals surface area contributed by atoms with E-state index < -0.39 is 0 Å². The van der Waals surface area contributed by atoms with Gasteiger partial charge in [0.05, 0.1) is 6.33 Å². The van der Waals surface area contributed by atoms with Gasteiger partial charge in [0.25, 0.3) is 0 Å². The number of H-pyrrole nitrogens is 1. The molecule has 0 bridgehead atoms. The van der Waals surface area contributed by atoms with Crippen LogP contribution < -0.4 is 4.74 Å². The zero-order valence-corrected chi connectivity index (χ0v) is 11.9. The molecule has 2 aromatic rings. The van der Waals surface area contributed by atoms with Crippen LogP contribution in [0.15, 0.2) is 49.4 Å². The molecule has 4 nitrogen and oxygen atoms in total. The quantitative estimate of drug-likeness (QED) is 0.750. The van der Waals surface area contributed by atoms with Gasteiger partial charge in [-0.05, 0) is 25.1 Å². The lowest BCUT2D eigenvalue weighted by atomic mass is 10.1. The van der Waals surface area contributed by atoms with Crippen molar-refractivity contribution in [3.05, 3.63) is 60.7 Å². The van der Waals surface area contributed by atoms with Gasteiger partial charge < -0.3 is 9.72 Å². The van der Waals surface area contributed by atoms with Gasteiger partial charge in [-0.25, -0.2) is 4.98 Å². The molecule has 0 saturated heterocycles. The van der Waals surface area contributed by atoms with Crippen LogP contribution in [0.25, 0.3) is 0 Å². The lowest BCUT2D eigenvalue weighted by molar-refractivity contribution is 0.230. The molecule has 0 fully saturated rings. The first kappa shape index (κ1) is 14.3. The number of aromatic amines is 1. The van der Waals surface area contributed by atoms with E-state index in [1.165, 1.54) is 5.56 Å². The number of benzene rings is 1. The molecule has 0 unspecified atom stereocenters. The molecule has 1 aromatic heterocycles. The third-order valence-corrected chi connectivity index (χ3v) is 3.06. The number of imidazole rings is 1. The van der Waals surface area contributed by atoms with Crippen LogP contribution in [0.5, 0.6) is 5.75 Å². The van der Waals surface area contributed by atoms with Crippen molar-refractivity contribution in [1.82, 2.24) is 14.9 Å². The molecule has 0 radical (unpaired) electrons. The molecule has 1 aromatic carbocycles. The van der Waals surface area contributed by atoms with Crippen LogP contribution in [0.3, 0.4) is 0 Å². The highest BCUT2D eigenvalue weighted by Crippen LogP contribution is 2.18. The van der Waals surface area contributed by atoms with Crippen LogP contribution in [0.2, 0.25) is 0 Å². The summed E-state index contributed by atoms with van der Waals surface area (Å²) in [5.41, 5.74) is 2.29. The van der Waals surface area contributed by atoms with Gasteiger partial charge in [-0.1, -0.05) is 24.3 Å². The Morgan fingerprint density at radius 1 is 1.40 bits per heavy atom. The van der Waals surface area contributed by atoms with Gasteiger partial charge >= 0.3 is 0 Å². The summed E-state index contributed by atoms with van der Waals surface area (Å²) in [7, 11) is 2.07. The molecular weight excluding hydrogens is 250 g/mol. The summed E-state index contributed by atoms with van der Waals surface area (Å²) in [5, 5.41) is 0. The molecule has 0 spiro atoms. The molecule has 4 heteroatoms. The largest absolute Gasteiger partial charge is 0.492 e. The van der Waals surface area contributed by atoms with Crippen LogP contribution in [-0.4, -0.2) is 35.1 Å². The van der Waals surface area contributed by atoms with Gasteiger partial charge in [-0.3, -0.25) is 4.90 Å². The summed E-state index contributed by atoms with van der Waals surface area (Å²) < 4.78 is 5.86. The number of likely N-dealkylation sites (N-methyl/N-ethyl adjacent to an activating group) is 1. The summed E-state index contributed by atoms with van der Waals surface area (Å²) in [5.74, 6) is 0.947. The van der Waals surface area contributed by atoms with Gasteiger partial charge in [0.1, 0.15) is 12.4 Å². The summed E-state index contributed by atoms with van der Waals surface area (Å²) in [6.45, 7) is 6.15. The van der Waals surface area contributed by atoms with Crippen LogP contribution in [0.4, 0.5) is 0 Å². The maximum Gasteiger partial charge on any atom is 0.122 e. The third-order valence-electron chi connectivity index (χ3n) is 3.06. The van der Waals surface area contributed by atoms with E-state index in [0.717, 1.165) is 31.0 Å². The molecule has 0 aliphatic rings. The van der Waals surface area contributed by atoms with E-state index in [9.17, 15) is 0 Å². The average molecular weight is 271 g/mol. The lowest BCUT2D eigenvalue weighted by Gasteiger charge is -2.17. The van der Waals surface area contributed by atoms with Crippen LogP contribution in [0, 0.1) is 0 Å². The SMILES string of the molecule is C=CCc1ccccc1OCCN(C)Cc1cnc[nH]1. The van der Waals surface area contributed by atoms with E-state index in [1.807, 2.05) is 30.5 Å². The Morgan fingerprint density at radius 3 is 3.00 bits per heavy atom. The fourth-order valence-electron chi connectivity index (χ4n) is 2.02. The number of nitrogens with zero attached hydrogens (tertiary/aromatic N) is 2. The second-order valence-corrected chi connectivity index (χ2v) is 4.76. The normalized spacial score (nSPS) is 10.7. The van der Waals surface area contributed by atoms with E-state index in [4.69, 9.17) is 4.74 Å². The Morgan fingerprint density at radius 2 is 2.25 bits per heavy atom. The zero-order valence-electron chi connectivity index (χ0n) is 11.9. The fourth-order valence-corrected chi connectivity index (χ4v) is 2.02. The van der Waals surface area contributed by atoms with Crippen molar-refractivity contribution < 1.29 is 4.74 Å². The van der Waals surface area contributed by atoms with Gasteiger partial charge in [-0.15, -0.1) is 6.58 Å². The van der Waals surface area contributed by atoms with Crippen molar-refractivity contribution in [3.63, 3.8) is 0 Å². The van der Waals surface area contributed by atoms with E-state index in [-0.39, 0.29) is 0 Å². The van der Waals surface area contributed by atoms with Crippen LogP contribution in [0.1, 0.15) is 11.3 Å². The Kier molecular flexibility index (Phi) is 5.38. The third kappa shape index (κ3) is 4.24. The Hall–Kier alpha value is -2.07. The van der Waals surface area contributed by atoms with Crippen molar-refractivity contribution in [2.45, 2.75) is 13.0 Å². The van der Waals surface area contributed by atoms with Gasteiger partial charge in [0.2, 0.25) is 0 Å². The second-order valence-electron chi connectivity index (χ2n) is 4.76. The highest BCUT2D eigenvalue weighted by Gasteiger charge is 2.04. The number of hydrogen-bond acceptors (Lipinski definition) is 3. The summed E-state index contributed by atoms with van der Waals surface area (Å²) in [4.78, 5) is 9.31. The molecule has 2 rings (SSSR count). The molecule has 0 amide bonds. The minimum atomic E-state index is 0.665. The highest BCUT2D eigenvalue weighted by atomic mass is 16.5. The van der Waals surface area contributed by atoms with E-state index in [0.29, 0.717) is 6.61 Å². The van der Waals surface area contributed by atoms with Crippen molar-refractivity contribution in [1.29, 1.82) is 0 Å². The summed E-state index contributed by atoms with van der Waals surface area (Å²) >= 11 is 0. The molecule has 1 heterocycles. The molecule has 1 N–H and O–H groups in total. The Balaban J connectivity index is 1.79. The van der Waals surface area contributed by atoms with Crippen LogP contribution >= 0.6 is 0 Å². The van der Waals surface area contributed by atoms with Crippen LogP contribution in [-0.2, 0) is 13.0 Å². The monoisotopic (exact) mass is 271 g/mol. The van der Waals surface area contributed by atoms with Crippen molar-refractivity contribution in [2.24, 2.45) is 0 Å². The standard InChI is InChI=1S/C16H21N3O/c1-3-6-14-7-4-5-8-16(14)20-10-9-19(2)12-15-11-17-13-18-15/h3-5,7-8,11,13H,1,6,9-10,12H2,2H3,(H,17,18). The van der Waals surface area contributed by atoms with Gasteiger partial charge in [0.15, 0.2) is 0 Å². The Labute approximate surface area is 120 Å². The molecule has 0 saturated carbocycles. The van der Waals surface area contributed by atoms with Gasteiger partial charge in [-0.2, -0.15) is 0 Å². The van der Waals surface area contributed by atoms with Crippen molar-refractivity contribution in [3.8, 4) is 5.75 Å². The lowest BCUT2D eigenvalue weighted by Crippen LogP contribution is -2.24. The number of ether oxygens (including phenoxy) is 1. The predicted octanol–water partition coefficient (Wildman–Crippen LogP) is 2.65. The fraction of sp³-hybridized carbons (Fsp3) is 0.312. The Bertz CT molecular complexity index is 522. The van der Waals surface area contributed by atoms with E-state index in [2.05, 4.69) is 34.6 Å². The van der Waals surface area contributed by atoms with Crippen molar-refractivity contribution >= 4 is 0 Å². The molecular formula is C16H21N3O. The first-order valence-corrected chi connectivity index (χ1v) is 6.77. The first-order valence-electron chi connectivity index (χ1n) is 6.77. The minimum Gasteiger partial charge on any atom is -0.492 e. The molecule has 0 aliphatic carbocycles. The molecule has 0 aliphatic heterocycles. The molecule has 0 atom stereocenters. The van der Waals surface area contributed by atoms with Gasteiger partial charge in [0, 0.05) is 25.0 Å². The average Bonchev–Trinajstić information content (AvgIpc) is 2.94. The number of aromatic nitrogens is 2. The van der Waals surface area contributed by atoms with E-state index in [1.54, 1.807) is 6.33 Å². The number of nitrogens with one attached hydrogen (secondary N) is 1. The van der Waals surface area contributed by atoms with Crippen molar-refractivity contribution in [2.75, 3.05) is 20.2 Å². The molecule has 20 heavy (non-hydrogen) atoms. The zero-order chi connectivity index (χ0) is 14.2. The summed E-state index contributed by atoms with van der Waals surface area (Å²) in [6.07, 6.45) is 6.27.